The number of hydrogen-bond donors (Lipinski definition) is 3. The van der Waals surface area contributed by atoms with Crippen LogP contribution in [0, 0.1) is 5.82 Å². The van der Waals surface area contributed by atoms with E-state index in [2.05, 4.69) is 4.72 Å². The van der Waals surface area contributed by atoms with Crippen LogP contribution in [0.5, 0.6) is 5.75 Å². The lowest BCUT2D eigenvalue weighted by Gasteiger charge is -2.09. The Labute approximate surface area is 133 Å². The van der Waals surface area contributed by atoms with Gasteiger partial charge in [-0.2, -0.15) is 0 Å². The van der Waals surface area contributed by atoms with Crippen molar-refractivity contribution in [2.24, 2.45) is 0 Å². The monoisotopic (exact) mass is 339 g/mol. The van der Waals surface area contributed by atoms with E-state index in [0.717, 1.165) is 18.2 Å². The van der Waals surface area contributed by atoms with Crippen molar-refractivity contribution in [3.05, 3.63) is 53.8 Å². The summed E-state index contributed by atoms with van der Waals surface area (Å²) in [6, 6.07) is 9.37. The highest BCUT2D eigenvalue weighted by atomic mass is 32.2. The second kappa shape index (κ2) is 7.09. The van der Waals surface area contributed by atoms with Crippen LogP contribution in [0.15, 0.2) is 47.4 Å². The molecule has 2 aromatic carbocycles. The van der Waals surface area contributed by atoms with Gasteiger partial charge in [0.25, 0.3) is 0 Å². The topological polar surface area (TPSA) is 95.9 Å². The molecule has 0 amide bonds. The first-order chi connectivity index (χ1) is 10.8. The minimum atomic E-state index is -3.83. The average Bonchev–Trinajstić information content (AvgIpc) is 2.53. The van der Waals surface area contributed by atoms with Gasteiger partial charge in [0.1, 0.15) is 0 Å². The van der Waals surface area contributed by atoms with Gasteiger partial charge in [-0.15, -0.1) is 0 Å². The summed E-state index contributed by atoms with van der Waals surface area (Å²) in [6.45, 7) is 0.00380. The molecular weight excluding hydrogens is 324 g/mol. The molecule has 0 spiro atoms. The van der Waals surface area contributed by atoms with Crippen molar-refractivity contribution in [2.75, 3.05) is 7.11 Å². The summed E-state index contributed by atoms with van der Waals surface area (Å²) < 4.78 is 44.9. The SMILES string of the molecule is COc1cc(S(=O)(=O)NCc2ccc(B(O)O)cc2)ccc1F. The number of halogens is 1. The quantitative estimate of drug-likeness (QED) is 0.644. The first-order valence-electron chi connectivity index (χ1n) is 6.61. The van der Waals surface area contributed by atoms with Crippen LogP contribution in [0.2, 0.25) is 0 Å². The molecule has 0 heterocycles. The Morgan fingerprint density at radius 2 is 1.83 bits per heavy atom. The van der Waals surface area contributed by atoms with Gasteiger partial charge in [0.05, 0.1) is 12.0 Å². The molecule has 0 aromatic heterocycles. The van der Waals surface area contributed by atoms with Crippen LogP contribution in [0.3, 0.4) is 0 Å². The Kier molecular flexibility index (Phi) is 5.37. The number of rotatable bonds is 6. The molecule has 0 aliphatic heterocycles. The summed E-state index contributed by atoms with van der Waals surface area (Å²) in [5.41, 5.74) is 0.937. The number of ether oxygens (including phenoxy) is 1. The number of hydrogen-bond acceptors (Lipinski definition) is 5. The van der Waals surface area contributed by atoms with Gasteiger partial charge in [0.15, 0.2) is 11.6 Å². The van der Waals surface area contributed by atoms with Gasteiger partial charge in [0, 0.05) is 12.6 Å². The van der Waals surface area contributed by atoms with Gasteiger partial charge in [-0.1, -0.05) is 24.3 Å². The van der Waals surface area contributed by atoms with Crippen molar-refractivity contribution < 1.29 is 27.6 Å². The summed E-state index contributed by atoms with van der Waals surface area (Å²) in [6.07, 6.45) is 0. The molecule has 122 valence electrons. The predicted octanol–water partition coefficient (Wildman–Crippen LogP) is -0.00740. The van der Waals surface area contributed by atoms with Gasteiger partial charge >= 0.3 is 7.12 Å². The second-order valence-corrected chi connectivity index (χ2v) is 6.50. The number of benzene rings is 2. The zero-order valence-electron chi connectivity index (χ0n) is 12.2. The van der Waals surface area contributed by atoms with E-state index in [1.165, 1.54) is 19.2 Å². The van der Waals surface area contributed by atoms with E-state index >= 15 is 0 Å². The highest BCUT2D eigenvalue weighted by Gasteiger charge is 2.17. The Morgan fingerprint density at radius 3 is 2.39 bits per heavy atom. The lowest BCUT2D eigenvalue weighted by Crippen LogP contribution is -2.30. The molecule has 2 aromatic rings. The van der Waals surface area contributed by atoms with Crippen LogP contribution in [-0.2, 0) is 16.6 Å². The van der Waals surface area contributed by atoms with E-state index in [-0.39, 0.29) is 17.2 Å². The molecular formula is C14H15BFNO5S. The summed E-state index contributed by atoms with van der Waals surface area (Å²) in [5, 5.41) is 18.0. The standard InChI is InChI=1S/C14H15BFNO5S/c1-22-14-8-12(6-7-13(14)16)23(20,21)17-9-10-2-4-11(5-3-10)15(18)19/h2-8,17-19H,9H2,1H3. The maximum atomic E-state index is 13.3. The van der Waals surface area contributed by atoms with Crippen LogP contribution < -0.4 is 14.9 Å². The molecule has 23 heavy (non-hydrogen) atoms. The summed E-state index contributed by atoms with van der Waals surface area (Å²) in [5.74, 6) is -0.807. The Balaban J connectivity index is 2.12. The maximum Gasteiger partial charge on any atom is 0.488 e. The molecule has 0 unspecified atom stereocenters. The Bertz CT molecular complexity index is 780. The van der Waals surface area contributed by atoms with Crippen molar-refractivity contribution in [2.45, 2.75) is 11.4 Å². The van der Waals surface area contributed by atoms with Crippen molar-refractivity contribution in [3.63, 3.8) is 0 Å². The minimum Gasteiger partial charge on any atom is -0.494 e. The molecule has 2 rings (SSSR count). The van der Waals surface area contributed by atoms with Crippen LogP contribution in [-0.4, -0.2) is 32.7 Å². The number of methoxy groups -OCH3 is 1. The van der Waals surface area contributed by atoms with Gasteiger partial charge in [0.2, 0.25) is 10.0 Å². The van der Waals surface area contributed by atoms with E-state index in [1.807, 2.05) is 0 Å². The van der Waals surface area contributed by atoms with Crippen molar-refractivity contribution >= 4 is 22.6 Å². The van der Waals surface area contributed by atoms with Crippen molar-refractivity contribution in [1.82, 2.24) is 4.72 Å². The molecule has 0 saturated heterocycles. The lowest BCUT2D eigenvalue weighted by atomic mass is 9.80. The first-order valence-corrected chi connectivity index (χ1v) is 8.10. The molecule has 0 atom stereocenters. The average molecular weight is 339 g/mol. The van der Waals surface area contributed by atoms with Crippen LogP contribution >= 0.6 is 0 Å². The third-order valence-corrected chi connectivity index (χ3v) is 4.58. The zero-order valence-corrected chi connectivity index (χ0v) is 13.0. The van der Waals surface area contributed by atoms with Crippen molar-refractivity contribution in [3.8, 4) is 5.75 Å². The highest BCUT2D eigenvalue weighted by molar-refractivity contribution is 7.89. The zero-order chi connectivity index (χ0) is 17.0. The molecule has 0 fully saturated rings. The van der Waals surface area contributed by atoms with Gasteiger partial charge in [-0.05, 0) is 23.2 Å². The summed E-state index contributed by atoms with van der Waals surface area (Å²) >= 11 is 0. The predicted molar refractivity (Wildman–Crippen MR) is 83.2 cm³/mol. The number of nitrogens with one attached hydrogen (secondary N) is 1. The summed E-state index contributed by atoms with van der Waals surface area (Å²) in [4.78, 5) is -0.113. The van der Waals surface area contributed by atoms with Crippen LogP contribution in [0.1, 0.15) is 5.56 Å². The molecule has 6 nitrogen and oxygen atoms in total. The van der Waals surface area contributed by atoms with Gasteiger partial charge < -0.3 is 14.8 Å². The maximum absolute atomic E-state index is 13.3. The fraction of sp³-hybridized carbons (Fsp3) is 0.143. The van der Waals surface area contributed by atoms with Crippen molar-refractivity contribution in [1.29, 1.82) is 0 Å². The molecule has 3 N–H and O–H groups in total. The molecule has 0 radical (unpaired) electrons. The van der Waals surface area contributed by atoms with E-state index in [9.17, 15) is 12.8 Å². The molecule has 9 heteroatoms. The normalized spacial score (nSPS) is 11.3. The Morgan fingerprint density at radius 1 is 1.17 bits per heavy atom. The molecule has 0 bridgehead atoms. The molecule has 0 aliphatic carbocycles. The van der Waals surface area contributed by atoms with E-state index < -0.39 is 23.0 Å². The second-order valence-electron chi connectivity index (χ2n) is 4.74. The first kappa shape index (κ1) is 17.4. The fourth-order valence-corrected chi connectivity index (χ4v) is 2.91. The number of sulfonamides is 1. The largest absolute Gasteiger partial charge is 0.494 e. The van der Waals surface area contributed by atoms with E-state index in [4.69, 9.17) is 14.8 Å². The minimum absolute atomic E-state index is 0.00380. The van der Waals surface area contributed by atoms with Crippen LogP contribution in [0.4, 0.5) is 4.39 Å². The van der Waals surface area contributed by atoms with E-state index in [0.29, 0.717) is 11.0 Å². The summed E-state index contributed by atoms with van der Waals surface area (Å²) in [7, 11) is -4.16. The third kappa shape index (κ3) is 4.29. The lowest BCUT2D eigenvalue weighted by molar-refractivity contribution is 0.385. The smallest absolute Gasteiger partial charge is 0.488 e. The molecule has 0 saturated carbocycles. The fourth-order valence-electron chi connectivity index (χ4n) is 1.88. The van der Waals surface area contributed by atoms with Gasteiger partial charge in [-0.25, -0.2) is 17.5 Å². The van der Waals surface area contributed by atoms with Gasteiger partial charge in [-0.3, -0.25) is 0 Å². The Hall–Kier alpha value is -1.94. The van der Waals surface area contributed by atoms with Crippen LogP contribution in [0.25, 0.3) is 0 Å². The molecule has 0 aliphatic rings. The van der Waals surface area contributed by atoms with E-state index in [1.54, 1.807) is 12.1 Å². The third-order valence-electron chi connectivity index (χ3n) is 3.18. The highest BCUT2D eigenvalue weighted by Crippen LogP contribution is 2.21.